The number of hydrogen-bond acceptors (Lipinski definition) is 7. The van der Waals surface area contributed by atoms with Gasteiger partial charge in [-0.2, -0.15) is 13.5 Å². The van der Waals surface area contributed by atoms with Crippen LogP contribution in [-0.2, 0) is 14.9 Å². The molecule has 1 aromatic carbocycles. The van der Waals surface area contributed by atoms with Gasteiger partial charge in [-0.1, -0.05) is 19.1 Å². The van der Waals surface area contributed by atoms with E-state index in [1.54, 1.807) is 24.3 Å². The minimum absolute atomic E-state index is 0.0511. The lowest BCUT2D eigenvalue weighted by molar-refractivity contribution is 0.0606. The van der Waals surface area contributed by atoms with Crippen LogP contribution in [0.3, 0.4) is 0 Å². The molecule has 0 spiro atoms. The number of nitrogens with one attached hydrogen (secondary N) is 1. The molecular weight excluding hydrogens is 494 g/mol. The minimum atomic E-state index is -3.91. The smallest absolute Gasteiger partial charge is 0.343 e. The predicted molar refractivity (Wildman–Crippen MR) is 139 cm³/mol. The molecule has 5 rings (SSSR count). The summed E-state index contributed by atoms with van der Waals surface area (Å²) in [5.41, 5.74) is 0.800. The van der Waals surface area contributed by atoms with Crippen molar-refractivity contribution in [2.75, 3.05) is 17.9 Å². The third-order valence-corrected chi connectivity index (χ3v) is 8.66. The number of ether oxygens (including phenoxy) is 1. The summed E-state index contributed by atoms with van der Waals surface area (Å²) in [4.78, 5) is 13.3. The molecule has 0 radical (unpaired) electrons. The number of anilines is 1. The summed E-state index contributed by atoms with van der Waals surface area (Å²) < 4.78 is 39.9. The first-order valence-electron chi connectivity index (χ1n) is 12.9. The third-order valence-electron chi connectivity index (χ3n) is 7.46. The molecule has 1 saturated carbocycles. The van der Waals surface area contributed by atoms with Crippen LogP contribution < -0.4 is 10.3 Å². The van der Waals surface area contributed by atoms with Crippen LogP contribution in [0.15, 0.2) is 58.0 Å². The van der Waals surface area contributed by atoms with Gasteiger partial charge in [0.1, 0.15) is 11.5 Å². The van der Waals surface area contributed by atoms with Crippen molar-refractivity contribution in [1.82, 2.24) is 9.19 Å². The van der Waals surface area contributed by atoms with Crippen LogP contribution in [0.2, 0.25) is 0 Å². The Kier molecular flexibility index (Phi) is 7.39. The Balaban J connectivity index is 1.43. The SMILES string of the molecule is CCC(CC1CCOCC1)c1cc(O)c(C(c2cccc(NS(=O)(=O)n3cccn3)c2)C2CC2)c(=O)o1. The van der Waals surface area contributed by atoms with Crippen molar-refractivity contribution in [3.8, 4) is 5.75 Å². The average Bonchev–Trinajstić information content (AvgIpc) is 3.55. The summed E-state index contributed by atoms with van der Waals surface area (Å²) in [6.45, 7) is 3.59. The van der Waals surface area contributed by atoms with Gasteiger partial charge in [-0.05, 0) is 74.1 Å². The largest absolute Gasteiger partial charge is 0.507 e. The molecule has 2 unspecified atom stereocenters. The maximum absolute atomic E-state index is 13.3. The van der Waals surface area contributed by atoms with E-state index in [-0.39, 0.29) is 23.1 Å². The summed E-state index contributed by atoms with van der Waals surface area (Å²) in [6, 6.07) is 10.1. The molecule has 9 nitrogen and oxygen atoms in total. The third kappa shape index (κ3) is 5.75. The van der Waals surface area contributed by atoms with Gasteiger partial charge in [-0.25, -0.2) is 4.79 Å². The number of nitrogens with zero attached hydrogens (tertiary/aromatic N) is 2. The molecule has 1 saturated heterocycles. The van der Waals surface area contributed by atoms with E-state index in [1.165, 1.54) is 18.5 Å². The van der Waals surface area contributed by atoms with E-state index >= 15 is 0 Å². The second kappa shape index (κ2) is 10.7. The number of aromatic nitrogens is 2. The lowest BCUT2D eigenvalue weighted by Gasteiger charge is -2.26. The van der Waals surface area contributed by atoms with E-state index in [9.17, 15) is 18.3 Å². The molecule has 2 aliphatic rings. The van der Waals surface area contributed by atoms with E-state index in [0.717, 1.165) is 61.4 Å². The van der Waals surface area contributed by atoms with Gasteiger partial charge in [0.15, 0.2) is 0 Å². The lowest BCUT2D eigenvalue weighted by Crippen LogP contribution is -2.22. The molecule has 198 valence electrons. The summed E-state index contributed by atoms with van der Waals surface area (Å²) in [5.74, 6) is 0.803. The Bertz CT molecular complexity index is 1380. The standard InChI is InChI=1S/C27H33N3O6S/c1-2-19(15-18-9-13-35-14-10-18)24-17-23(31)26(27(32)36-24)25(20-7-8-20)21-5-3-6-22(16-21)29-37(33,34)30-12-4-11-28-30/h3-6,11-12,16-20,25,29,31H,2,7-10,13-15H2,1H3. The Hall–Kier alpha value is -3.11. The zero-order chi connectivity index (χ0) is 26.0. The normalized spacial score (nSPS) is 18.4. The number of aromatic hydroxyl groups is 1. The van der Waals surface area contributed by atoms with Crippen molar-refractivity contribution in [2.24, 2.45) is 11.8 Å². The van der Waals surface area contributed by atoms with E-state index in [2.05, 4.69) is 16.7 Å². The van der Waals surface area contributed by atoms with E-state index in [4.69, 9.17) is 9.15 Å². The lowest BCUT2D eigenvalue weighted by atomic mass is 9.84. The van der Waals surface area contributed by atoms with Crippen molar-refractivity contribution >= 4 is 15.9 Å². The number of hydrogen-bond donors (Lipinski definition) is 2. The van der Waals surface area contributed by atoms with E-state index < -0.39 is 21.8 Å². The van der Waals surface area contributed by atoms with Gasteiger partial charge >= 0.3 is 15.8 Å². The molecule has 37 heavy (non-hydrogen) atoms. The predicted octanol–water partition coefficient (Wildman–Crippen LogP) is 4.60. The van der Waals surface area contributed by atoms with Crippen molar-refractivity contribution < 1.29 is 22.7 Å². The highest BCUT2D eigenvalue weighted by molar-refractivity contribution is 7.91. The minimum Gasteiger partial charge on any atom is -0.507 e. The molecule has 1 aliphatic heterocycles. The second-order valence-corrected chi connectivity index (χ2v) is 11.6. The Morgan fingerprint density at radius 3 is 2.59 bits per heavy atom. The van der Waals surface area contributed by atoms with Gasteiger partial charge in [0.05, 0.1) is 17.4 Å². The number of rotatable bonds is 10. The van der Waals surface area contributed by atoms with Gasteiger partial charge in [0.2, 0.25) is 0 Å². The summed E-state index contributed by atoms with van der Waals surface area (Å²) in [5, 5.41) is 14.9. The second-order valence-electron chi connectivity index (χ2n) is 10.1. The molecular formula is C27H33N3O6S. The molecule has 2 N–H and O–H groups in total. The monoisotopic (exact) mass is 527 g/mol. The van der Waals surface area contributed by atoms with Gasteiger partial charge in [-0.3, -0.25) is 4.72 Å². The fourth-order valence-electron chi connectivity index (χ4n) is 5.36. The maximum Gasteiger partial charge on any atom is 0.343 e. The highest BCUT2D eigenvalue weighted by Crippen LogP contribution is 2.48. The van der Waals surface area contributed by atoms with Crippen LogP contribution >= 0.6 is 0 Å². The van der Waals surface area contributed by atoms with Gasteiger partial charge in [0, 0.05) is 37.3 Å². The summed E-state index contributed by atoms with van der Waals surface area (Å²) >= 11 is 0. The molecule has 0 bridgehead atoms. The molecule has 0 amide bonds. The van der Waals surface area contributed by atoms with Crippen molar-refractivity contribution in [3.63, 3.8) is 0 Å². The van der Waals surface area contributed by atoms with Crippen molar-refractivity contribution in [3.05, 3.63) is 76.1 Å². The van der Waals surface area contributed by atoms with Crippen LogP contribution in [-0.4, -0.2) is 35.9 Å². The van der Waals surface area contributed by atoms with Crippen molar-refractivity contribution in [2.45, 2.75) is 57.3 Å². The first-order chi connectivity index (χ1) is 17.9. The Labute approximate surface area is 216 Å². The van der Waals surface area contributed by atoms with E-state index in [0.29, 0.717) is 17.4 Å². The first-order valence-corrected chi connectivity index (χ1v) is 14.4. The quantitative estimate of drug-likeness (QED) is 0.395. The Morgan fingerprint density at radius 2 is 1.95 bits per heavy atom. The molecule has 3 aromatic rings. The van der Waals surface area contributed by atoms with Crippen LogP contribution in [0.4, 0.5) is 5.69 Å². The molecule has 2 fully saturated rings. The maximum atomic E-state index is 13.3. The fourth-order valence-corrected chi connectivity index (χ4v) is 6.28. The highest BCUT2D eigenvalue weighted by Gasteiger charge is 2.38. The van der Waals surface area contributed by atoms with Crippen LogP contribution in [0.5, 0.6) is 5.75 Å². The fraction of sp³-hybridized carbons (Fsp3) is 0.481. The molecule has 1 aliphatic carbocycles. The number of benzene rings is 1. The Morgan fingerprint density at radius 1 is 1.16 bits per heavy atom. The molecule has 10 heteroatoms. The van der Waals surface area contributed by atoms with Crippen LogP contribution in [0.1, 0.15) is 74.2 Å². The van der Waals surface area contributed by atoms with E-state index in [1.807, 2.05) is 6.07 Å². The highest BCUT2D eigenvalue weighted by atomic mass is 32.2. The molecule has 3 heterocycles. The van der Waals surface area contributed by atoms with Gasteiger partial charge in [-0.15, -0.1) is 4.09 Å². The topological polar surface area (TPSA) is 124 Å². The van der Waals surface area contributed by atoms with Gasteiger partial charge < -0.3 is 14.3 Å². The summed E-state index contributed by atoms with van der Waals surface area (Å²) in [7, 11) is -3.91. The van der Waals surface area contributed by atoms with Crippen LogP contribution in [0, 0.1) is 11.8 Å². The van der Waals surface area contributed by atoms with Crippen molar-refractivity contribution in [1.29, 1.82) is 0 Å². The summed E-state index contributed by atoms with van der Waals surface area (Å²) in [6.07, 6.45) is 8.25. The molecule has 2 aromatic heterocycles. The molecule has 2 atom stereocenters. The van der Waals surface area contributed by atoms with Gasteiger partial charge in [0.25, 0.3) is 0 Å². The average molecular weight is 528 g/mol. The first kappa shape index (κ1) is 25.5. The zero-order valence-electron chi connectivity index (χ0n) is 20.9. The van der Waals surface area contributed by atoms with Crippen LogP contribution in [0.25, 0.3) is 0 Å². The zero-order valence-corrected chi connectivity index (χ0v) is 21.7.